The first-order valence-electron chi connectivity index (χ1n) is 7.43. The van der Waals surface area contributed by atoms with Crippen LogP contribution in [0.3, 0.4) is 0 Å². The Morgan fingerprint density at radius 1 is 1.23 bits per heavy atom. The van der Waals surface area contributed by atoms with Crippen molar-refractivity contribution in [2.75, 3.05) is 29.6 Å². The summed E-state index contributed by atoms with van der Waals surface area (Å²) in [6.07, 6.45) is 6.11. The topological polar surface area (TPSA) is 45.2 Å². The molecule has 0 unspecified atom stereocenters. The van der Waals surface area contributed by atoms with Crippen LogP contribution in [0, 0.1) is 0 Å². The second-order valence-corrected chi connectivity index (χ2v) is 6.16. The van der Waals surface area contributed by atoms with E-state index in [2.05, 4.69) is 15.2 Å². The number of pyridine rings is 1. The summed E-state index contributed by atoms with van der Waals surface area (Å²) < 4.78 is 0. The van der Waals surface area contributed by atoms with Crippen molar-refractivity contribution in [2.45, 2.75) is 17.7 Å². The van der Waals surface area contributed by atoms with Gasteiger partial charge in [0.2, 0.25) is 0 Å². The van der Waals surface area contributed by atoms with Crippen LogP contribution in [-0.2, 0) is 0 Å². The van der Waals surface area contributed by atoms with Gasteiger partial charge < -0.3 is 10.2 Å². The number of thioether (sulfide) groups is 1. The van der Waals surface area contributed by atoms with E-state index in [9.17, 15) is 4.79 Å². The van der Waals surface area contributed by atoms with E-state index in [-0.39, 0.29) is 5.91 Å². The number of aromatic nitrogens is 1. The average molecular weight is 313 g/mol. The molecule has 0 radical (unpaired) electrons. The molecule has 5 heteroatoms. The number of rotatable bonds is 4. The Kier molecular flexibility index (Phi) is 4.63. The maximum Gasteiger partial charge on any atom is 0.257 e. The molecule has 2 heterocycles. The molecular weight excluding hydrogens is 294 g/mol. The van der Waals surface area contributed by atoms with Gasteiger partial charge in [-0.25, -0.2) is 4.98 Å². The van der Waals surface area contributed by atoms with Gasteiger partial charge in [-0.1, -0.05) is 6.07 Å². The smallest absolute Gasteiger partial charge is 0.257 e. The maximum absolute atomic E-state index is 12.3. The van der Waals surface area contributed by atoms with Crippen LogP contribution in [0.15, 0.2) is 47.5 Å². The summed E-state index contributed by atoms with van der Waals surface area (Å²) in [5, 5.41) is 2.92. The summed E-state index contributed by atoms with van der Waals surface area (Å²) in [7, 11) is 0. The Labute approximate surface area is 134 Å². The van der Waals surface area contributed by atoms with E-state index in [4.69, 9.17) is 0 Å². The van der Waals surface area contributed by atoms with Gasteiger partial charge in [0.25, 0.3) is 5.91 Å². The largest absolute Gasteiger partial charge is 0.357 e. The minimum Gasteiger partial charge on any atom is -0.357 e. The van der Waals surface area contributed by atoms with Crippen molar-refractivity contribution in [3.8, 4) is 0 Å². The van der Waals surface area contributed by atoms with Gasteiger partial charge in [-0.15, -0.1) is 11.8 Å². The number of anilines is 2. The van der Waals surface area contributed by atoms with E-state index < -0.39 is 0 Å². The molecule has 1 aliphatic heterocycles. The highest BCUT2D eigenvalue weighted by molar-refractivity contribution is 7.98. The lowest BCUT2D eigenvalue weighted by molar-refractivity contribution is 0.102. The van der Waals surface area contributed by atoms with Crippen LogP contribution < -0.4 is 10.2 Å². The molecule has 1 saturated heterocycles. The molecule has 3 rings (SSSR count). The molecule has 1 aliphatic rings. The van der Waals surface area contributed by atoms with Crippen LogP contribution in [0.5, 0.6) is 0 Å². The van der Waals surface area contributed by atoms with Crippen LogP contribution in [0.2, 0.25) is 0 Å². The van der Waals surface area contributed by atoms with Gasteiger partial charge in [-0.3, -0.25) is 4.79 Å². The highest BCUT2D eigenvalue weighted by atomic mass is 32.2. The van der Waals surface area contributed by atoms with E-state index in [0.717, 1.165) is 29.5 Å². The lowest BCUT2D eigenvalue weighted by Gasteiger charge is -2.16. The predicted octanol–water partition coefficient (Wildman–Crippen LogP) is 3.66. The Morgan fingerprint density at radius 2 is 2.05 bits per heavy atom. The number of benzene rings is 1. The number of hydrogen-bond acceptors (Lipinski definition) is 4. The lowest BCUT2D eigenvalue weighted by atomic mass is 10.2. The van der Waals surface area contributed by atoms with Gasteiger partial charge in [0.15, 0.2) is 0 Å². The van der Waals surface area contributed by atoms with Gasteiger partial charge in [-0.05, 0) is 49.4 Å². The number of nitrogens with zero attached hydrogens (tertiary/aromatic N) is 2. The third-order valence-electron chi connectivity index (χ3n) is 3.77. The standard InChI is InChI=1S/C17H19N3OS/c1-22-15-6-4-5-14(11-15)19-17(21)13-7-8-16(18-12-13)20-9-2-3-10-20/h4-8,11-12H,2-3,9-10H2,1H3,(H,19,21). The van der Waals surface area contributed by atoms with Gasteiger partial charge in [-0.2, -0.15) is 0 Å². The van der Waals surface area contributed by atoms with Crippen molar-refractivity contribution in [1.82, 2.24) is 4.98 Å². The van der Waals surface area contributed by atoms with Crippen LogP contribution in [0.1, 0.15) is 23.2 Å². The number of nitrogens with one attached hydrogen (secondary N) is 1. The molecule has 0 atom stereocenters. The summed E-state index contributed by atoms with van der Waals surface area (Å²) >= 11 is 1.65. The summed E-state index contributed by atoms with van der Waals surface area (Å²) in [5.74, 6) is 0.831. The fourth-order valence-corrected chi connectivity index (χ4v) is 3.02. The molecule has 4 nitrogen and oxygen atoms in total. The quantitative estimate of drug-likeness (QED) is 0.875. The molecule has 0 saturated carbocycles. The number of hydrogen-bond donors (Lipinski definition) is 1. The monoisotopic (exact) mass is 313 g/mol. The van der Waals surface area contributed by atoms with Crippen LogP contribution in [0.4, 0.5) is 11.5 Å². The molecule has 114 valence electrons. The third-order valence-corrected chi connectivity index (χ3v) is 4.49. The molecule has 1 fully saturated rings. The van der Waals surface area contributed by atoms with Gasteiger partial charge in [0.1, 0.15) is 5.82 Å². The van der Waals surface area contributed by atoms with Gasteiger partial charge in [0.05, 0.1) is 5.56 Å². The summed E-state index contributed by atoms with van der Waals surface area (Å²) in [4.78, 5) is 20.1. The van der Waals surface area contributed by atoms with Crippen molar-refractivity contribution in [2.24, 2.45) is 0 Å². The van der Waals surface area contributed by atoms with Crippen LogP contribution in [-0.4, -0.2) is 30.2 Å². The molecule has 2 aromatic rings. The summed E-state index contributed by atoms with van der Waals surface area (Å²) in [6.45, 7) is 2.11. The molecule has 1 aromatic carbocycles. The summed E-state index contributed by atoms with van der Waals surface area (Å²) in [5.41, 5.74) is 1.39. The van der Waals surface area contributed by atoms with Gasteiger partial charge in [0, 0.05) is 29.9 Å². The average Bonchev–Trinajstić information content (AvgIpc) is 3.09. The highest BCUT2D eigenvalue weighted by Crippen LogP contribution is 2.20. The van der Waals surface area contributed by atoms with Crippen molar-refractivity contribution in [1.29, 1.82) is 0 Å². The third kappa shape index (κ3) is 3.42. The van der Waals surface area contributed by atoms with E-state index in [1.807, 2.05) is 42.7 Å². The van der Waals surface area contributed by atoms with E-state index in [0.29, 0.717) is 5.56 Å². The fraction of sp³-hybridized carbons (Fsp3) is 0.294. The van der Waals surface area contributed by atoms with Crippen molar-refractivity contribution in [3.63, 3.8) is 0 Å². The summed E-state index contributed by atoms with van der Waals surface area (Å²) in [6, 6.07) is 11.6. The minimum absolute atomic E-state index is 0.126. The Balaban J connectivity index is 1.69. The Bertz CT molecular complexity index is 651. The van der Waals surface area contributed by atoms with Crippen LogP contribution >= 0.6 is 11.8 Å². The van der Waals surface area contributed by atoms with Gasteiger partial charge >= 0.3 is 0 Å². The van der Waals surface area contributed by atoms with Crippen LogP contribution in [0.25, 0.3) is 0 Å². The molecule has 0 bridgehead atoms. The second-order valence-electron chi connectivity index (χ2n) is 5.29. The minimum atomic E-state index is -0.126. The molecule has 0 aliphatic carbocycles. The molecule has 1 amide bonds. The first kappa shape index (κ1) is 14.9. The zero-order valence-corrected chi connectivity index (χ0v) is 13.4. The first-order chi connectivity index (χ1) is 10.8. The molecule has 22 heavy (non-hydrogen) atoms. The fourth-order valence-electron chi connectivity index (χ4n) is 2.56. The maximum atomic E-state index is 12.3. The van der Waals surface area contributed by atoms with Crippen molar-refractivity contribution >= 4 is 29.2 Å². The van der Waals surface area contributed by atoms with E-state index in [1.165, 1.54) is 12.8 Å². The zero-order chi connectivity index (χ0) is 15.4. The molecular formula is C17H19N3OS. The SMILES string of the molecule is CSc1cccc(NC(=O)c2ccc(N3CCCC3)nc2)c1. The molecule has 1 N–H and O–H groups in total. The first-order valence-corrected chi connectivity index (χ1v) is 8.65. The van der Waals surface area contributed by atoms with E-state index >= 15 is 0 Å². The number of carbonyl (C=O) groups excluding carboxylic acids is 1. The second kappa shape index (κ2) is 6.83. The Morgan fingerprint density at radius 3 is 2.73 bits per heavy atom. The lowest BCUT2D eigenvalue weighted by Crippen LogP contribution is -2.19. The van der Waals surface area contributed by atoms with Crippen molar-refractivity contribution in [3.05, 3.63) is 48.2 Å². The van der Waals surface area contributed by atoms with E-state index in [1.54, 1.807) is 18.0 Å². The molecule has 1 aromatic heterocycles. The predicted molar refractivity (Wildman–Crippen MR) is 91.9 cm³/mol. The van der Waals surface area contributed by atoms with Crippen molar-refractivity contribution < 1.29 is 4.79 Å². The Hall–Kier alpha value is -2.01. The molecule has 0 spiro atoms. The number of amides is 1. The highest BCUT2D eigenvalue weighted by Gasteiger charge is 2.14. The zero-order valence-electron chi connectivity index (χ0n) is 12.6. The normalized spacial score (nSPS) is 14.1. The number of carbonyl (C=O) groups is 1.